The number of nitrogens with one attached hydrogen (secondary N) is 2. The molecule has 3 aliphatic rings. The Bertz CT molecular complexity index is 1180. The summed E-state index contributed by atoms with van der Waals surface area (Å²) in [5.74, 6) is -2.18. The highest BCUT2D eigenvalue weighted by atomic mass is 35.5. The number of hydrogen-bond donors (Lipinski definition) is 2. The highest BCUT2D eigenvalue weighted by Gasteiger charge is 2.70. The molecule has 2 aromatic carbocycles. The van der Waals surface area contributed by atoms with Crippen molar-refractivity contribution >= 4 is 35.0 Å². The SMILES string of the molecule is Cc1ccc2c(c1C)NC(=O)C21NC(C(C)C)[C@@H]2C(=O)N(Cc3ccccc3Cl)C(=O)[C@@H]21. The summed E-state index contributed by atoms with van der Waals surface area (Å²) in [7, 11) is 0. The number of imide groups is 1. The Hall–Kier alpha value is -2.70. The quantitative estimate of drug-likeness (QED) is 0.700. The minimum Gasteiger partial charge on any atom is -0.324 e. The number of rotatable bonds is 3. The third-order valence-corrected chi connectivity index (χ3v) is 7.82. The molecule has 0 radical (unpaired) electrons. The van der Waals surface area contributed by atoms with E-state index < -0.39 is 17.4 Å². The lowest BCUT2D eigenvalue weighted by Gasteiger charge is -2.30. The van der Waals surface area contributed by atoms with E-state index >= 15 is 0 Å². The maximum Gasteiger partial charge on any atom is 0.250 e. The Morgan fingerprint density at radius 2 is 1.78 bits per heavy atom. The first-order chi connectivity index (χ1) is 15.2. The lowest BCUT2D eigenvalue weighted by Crippen LogP contribution is -2.53. The number of fused-ring (bicyclic) bond motifs is 4. The fourth-order valence-electron chi connectivity index (χ4n) is 5.64. The third kappa shape index (κ3) is 2.66. The van der Waals surface area contributed by atoms with E-state index in [0.29, 0.717) is 10.6 Å². The molecule has 5 rings (SSSR count). The molecule has 166 valence electrons. The van der Waals surface area contributed by atoms with Crippen LogP contribution in [0.3, 0.4) is 0 Å². The van der Waals surface area contributed by atoms with Crippen molar-refractivity contribution in [1.82, 2.24) is 10.2 Å². The normalized spacial score (nSPS) is 28.6. The van der Waals surface area contributed by atoms with E-state index in [9.17, 15) is 14.4 Å². The van der Waals surface area contributed by atoms with Crippen LogP contribution in [0.2, 0.25) is 5.02 Å². The van der Waals surface area contributed by atoms with Crippen LogP contribution in [0.25, 0.3) is 0 Å². The smallest absolute Gasteiger partial charge is 0.250 e. The van der Waals surface area contributed by atoms with E-state index in [0.717, 1.165) is 22.4 Å². The second-order valence-corrected chi connectivity index (χ2v) is 9.87. The highest BCUT2D eigenvalue weighted by molar-refractivity contribution is 6.31. The fraction of sp³-hybridized carbons (Fsp3) is 0.400. The maximum atomic E-state index is 13.8. The van der Waals surface area contributed by atoms with E-state index in [1.54, 1.807) is 6.07 Å². The Labute approximate surface area is 192 Å². The lowest BCUT2D eigenvalue weighted by molar-refractivity contribution is -0.143. The van der Waals surface area contributed by atoms with Crippen molar-refractivity contribution < 1.29 is 14.4 Å². The van der Waals surface area contributed by atoms with E-state index in [2.05, 4.69) is 10.6 Å². The number of amides is 3. The van der Waals surface area contributed by atoms with Gasteiger partial charge in [0.1, 0.15) is 5.54 Å². The number of nitrogens with zero attached hydrogens (tertiary/aromatic N) is 1. The molecule has 2 aromatic rings. The molecule has 2 unspecified atom stereocenters. The molecule has 3 heterocycles. The molecule has 0 saturated carbocycles. The second-order valence-electron chi connectivity index (χ2n) is 9.46. The van der Waals surface area contributed by atoms with Gasteiger partial charge in [-0.3, -0.25) is 24.6 Å². The standard InChI is InChI=1S/C25H26ClN3O3/c1-12(2)20-18-19(23(31)29(22(18)30)11-15-7-5-6-8-17(15)26)25(28-20)16-10-9-13(3)14(4)21(16)27-24(25)32/h5-10,12,18-20,28H,11H2,1-4H3,(H,27,32)/t18-,19-,20?,25?/m1/s1. The van der Waals surface area contributed by atoms with Gasteiger partial charge >= 0.3 is 0 Å². The van der Waals surface area contributed by atoms with Gasteiger partial charge in [0.2, 0.25) is 17.7 Å². The number of benzene rings is 2. The number of carbonyl (C=O) groups excluding carboxylic acids is 3. The van der Waals surface area contributed by atoms with Crippen LogP contribution < -0.4 is 10.6 Å². The van der Waals surface area contributed by atoms with Gasteiger partial charge in [-0.1, -0.05) is 55.8 Å². The van der Waals surface area contributed by atoms with Crippen molar-refractivity contribution in [3.05, 3.63) is 63.7 Å². The Morgan fingerprint density at radius 1 is 1.06 bits per heavy atom. The van der Waals surface area contributed by atoms with Crippen molar-refractivity contribution in [1.29, 1.82) is 0 Å². The van der Waals surface area contributed by atoms with Crippen LogP contribution in [0.5, 0.6) is 0 Å². The zero-order valence-electron chi connectivity index (χ0n) is 18.5. The van der Waals surface area contributed by atoms with Crippen LogP contribution in [0, 0.1) is 31.6 Å². The largest absolute Gasteiger partial charge is 0.324 e. The van der Waals surface area contributed by atoms with Gasteiger partial charge in [0.25, 0.3) is 0 Å². The average molecular weight is 452 g/mol. The van der Waals surface area contributed by atoms with Crippen molar-refractivity contribution in [3.63, 3.8) is 0 Å². The highest BCUT2D eigenvalue weighted by Crippen LogP contribution is 2.54. The number of carbonyl (C=O) groups is 3. The molecule has 0 aliphatic carbocycles. The molecule has 2 saturated heterocycles. The Balaban J connectivity index is 1.64. The summed E-state index contributed by atoms with van der Waals surface area (Å²) in [6, 6.07) is 10.8. The van der Waals surface area contributed by atoms with Crippen LogP contribution in [0.15, 0.2) is 36.4 Å². The Kier molecular flexibility index (Phi) is 4.73. The maximum absolute atomic E-state index is 13.8. The van der Waals surface area contributed by atoms with Crippen molar-refractivity contribution in [3.8, 4) is 0 Å². The molecule has 6 nitrogen and oxygen atoms in total. The summed E-state index contributed by atoms with van der Waals surface area (Å²) in [6.07, 6.45) is 0. The predicted octanol–water partition coefficient (Wildman–Crippen LogP) is 3.53. The number of halogens is 1. The van der Waals surface area contributed by atoms with Crippen molar-refractivity contribution in [2.45, 2.75) is 45.8 Å². The van der Waals surface area contributed by atoms with E-state index in [4.69, 9.17) is 11.6 Å². The minimum atomic E-state index is -1.25. The Morgan fingerprint density at radius 3 is 2.47 bits per heavy atom. The molecule has 32 heavy (non-hydrogen) atoms. The fourth-order valence-corrected chi connectivity index (χ4v) is 5.83. The lowest BCUT2D eigenvalue weighted by atomic mass is 9.75. The molecule has 2 fully saturated rings. The molecular formula is C25H26ClN3O3. The molecule has 1 spiro atoms. The third-order valence-electron chi connectivity index (χ3n) is 7.45. The first kappa shape index (κ1) is 21.2. The molecule has 0 aromatic heterocycles. The summed E-state index contributed by atoms with van der Waals surface area (Å²) in [5.41, 5.74) is 2.99. The van der Waals surface area contributed by atoms with Gasteiger partial charge in [-0.15, -0.1) is 0 Å². The van der Waals surface area contributed by atoms with Crippen LogP contribution in [-0.4, -0.2) is 28.7 Å². The first-order valence-electron chi connectivity index (χ1n) is 11.0. The van der Waals surface area contributed by atoms with Gasteiger partial charge in [0, 0.05) is 22.3 Å². The zero-order chi connectivity index (χ0) is 22.9. The molecule has 3 aliphatic heterocycles. The molecule has 4 atom stereocenters. The van der Waals surface area contributed by atoms with E-state index in [1.165, 1.54) is 4.90 Å². The van der Waals surface area contributed by atoms with Gasteiger partial charge < -0.3 is 5.32 Å². The van der Waals surface area contributed by atoms with E-state index in [-0.39, 0.29) is 36.2 Å². The average Bonchev–Trinajstić information content (AvgIpc) is 3.34. The van der Waals surface area contributed by atoms with E-state index in [1.807, 2.05) is 58.0 Å². The topological polar surface area (TPSA) is 78.5 Å². The van der Waals surface area contributed by atoms with Gasteiger partial charge in [-0.05, 0) is 42.5 Å². The number of likely N-dealkylation sites (tertiary alicyclic amines) is 1. The molecule has 0 bridgehead atoms. The van der Waals surface area contributed by atoms with Crippen LogP contribution >= 0.6 is 11.6 Å². The van der Waals surface area contributed by atoms with Gasteiger partial charge in [0.05, 0.1) is 18.4 Å². The first-order valence-corrected chi connectivity index (χ1v) is 11.3. The minimum absolute atomic E-state index is 0.0577. The van der Waals surface area contributed by atoms with Gasteiger partial charge in [-0.25, -0.2) is 0 Å². The number of hydrogen-bond acceptors (Lipinski definition) is 4. The number of anilines is 1. The zero-order valence-corrected chi connectivity index (χ0v) is 19.3. The molecule has 3 amide bonds. The van der Waals surface area contributed by atoms with Gasteiger partial charge in [-0.2, -0.15) is 0 Å². The summed E-state index contributed by atoms with van der Waals surface area (Å²) in [5, 5.41) is 6.99. The summed E-state index contributed by atoms with van der Waals surface area (Å²) >= 11 is 6.32. The van der Waals surface area contributed by atoms with Crippen LogP contribution in [0.1, 0.15) is 36.1 Å². The molecule has 7 heteroatoms. The van der Waals surface area contributed by atoms with Gasteiger partial charge in [0.15, 0.2) is 0 Å². The molecular weight excluding hydrogens is 426 g/mol. The number of aryl methyl sites for hydroxylation is 1. The second kappa shape index (κ2) is 7.15. The predicted molar refractivity (Wildman–Crippen MR) is 122 cm³/mol. The van der Waals surface area contributed by atoms with Crippen molar-refractivity contribution in [2.24, 2.45) is 17.8 Å². The van der Waals surface area contributed by atoms with Crippen LogP contribution in [0.4, 0.5) is 5.69 Å². The molecule has 2 N–H and O–H groups in total. The van der Waals surface area contributed by atoms with Crippen molar-refractivity contribution in [2.75, 3.05) is 5.32 Å². The summed E-state index contributed by atoms with van der Waals surface area (Å²) in [6.45, 7) is 8.08. The monoisotopic (exact) mass is 451 g/mol. The van der Waals surface area contributed by atoms with Crippen LogP contribution in [-0.2, 0) is 26.5 Å². The summed E-state index contributed by atoms with van der Waals surface area (Å²) in [4.78, 5) is 42.2. The summed E-state index contributed by atoms with van der Waals surface area (Å²) < 4.78 is 0.